The number of furan rings is 1. The van der Waals surface area contributed by atoms with Gasteiger partial charge < -0.3 is 20.2 Å². The molecule has 4 rings (SSSR count). The van der Waals surface area contributed by atoms with Gasteiger partial charge in [0.2, 0.25) is 5.95 Å². The number of carboxylic acid groups (broad SMARTS) is 1. The SMILES string of the molecule is O=C(O)c1ccc(Nc2nc(NCc3ccco3)c3ccccc3n2)cc1. The molecule has 0 unspecified atom stereocenters. The van der Waals surface area contributed by atoms with Gasteiger partial charge in [-0.2, -0.15) is 4.98 Å². The summed E-state index contributed by atoms with van der Waals surface area (Å²) >= 11 is 0. The first kappa shape index (κ1) is 16.6. The molecule has 2 heterocycles. The smallest absolute Gasteiger partial charge is 0.335 e. The van der Waals surface area contributed by atoms with Crippen LogP contribution in [-0.2, 0) is 6.54 Å². The van der Waals surface area contributed by atoms with Crippen molar-refractivity contribution < 1.29 is 14.3 Å². The Hall–Kier alpha value is -3.87. The quantitative estimate of drug-likeness (QED) is 0.472. The molecule has 0 atom stereocenters. The summed E-state index contributed by atoms with van der Waals surface area (Å²) in [6.45, 7) is 0.501. The highest BCUT2D eigenvalue weighted by atomic mass is 16.4. The molecule has 134 valence electrons. The molecule has 0 fully saturated rings. The molecule has 4 aromatic rings. The molecular weight excluding hydrogens is 344 g/mol. The van der Waals surface area contributed by atoms with E-state index in [1.807, 2.05) is 36.4 Å². The second-order valence-electron chi connectivity index (χ2n) is 5.85. The van der Waals surface area contributed by atoms with Crippen LogP contribution < -0.4 is 10.6 Å². The molecule has 0 saturated heterocycles. The number of carboxylic acids is 1. The second-order valence-corrected chi connectivity index (χ2v) is 5.85. The van der Waals surface area contributed by atoms with Gasteiger partial charge in [-0.05, 0) is 48.5 Å². The van der Waals surface area contributed by atoms with E-state index in [0.29, 0.717) is 24.0 Å². The third kappa shape index (κ3) is 3.72. The molecule has 0 bridgehead atoms. The first-order valence-corrected chi connectivity index (χ1v) is 8.32. The summed E-state index contributed by atoms with van der Waals surface area (Å²) in [4.78, 5) is 20.1. The number of rotatable bonds is 6. The molecule has 0 amide bonds. The highest BCUT2D eigenvalue weighted by molar-refractivity contribution is 5.90. The third-order valence-electron chi connectivity index (χ3n) is 4.00. The summed E-state index contributed by atoms with van der Waals surface area (Å²) in [7, 11) is 0. The van der Waals surface area contributed by atoms with Gasteiger partial charge in [-0.1, -0.05) is 12.1 Å². The standard InChI is InChI=1S/C20H16N4O3/c25-19(26)13-7-9-14(10-8-13)22-20-23-17-6-2-1-5-16(17)18(24-20)21-12-15-4-3-11-27-15/h1-11H,12H2,(H,25,26)(H2,21,22,23,24). The van der Waals surface area contributed by atoms with Crippen molar-refractivity contribution in [2.75, 3.05) is 10.6 Å². The van der Waals surface area contributed by atoms with Gasteiger partial charge in [0.05, 0.1) is 23.9 Å². The third-order valence-corrected chi connectivity index (χ3v) is 4.00. The van der Waals surface area contributed by atoms with Crippen LogP contribution in [0.5, 0.6) is 0 Å². The zero-order valence-electron chi connectivity index (χ0n) is 14.2. The molecular formula is C20H16N4O3. The summed E-state index contributed by atoms with van der Waals surface area (Å²) in [5.41, 5.74) is 1.71. The van der Waals surface area contributed by atoms with Gasteiger partial charge in [-0.25, -0.2) is 9.78 Å². The van der Waals surface area contributed by atoms with Crippen LogP contribution in [0, 0.1) is 0 Å². The van der Waals surface area contributed by atoms with Crippen LogP contribution in [0.25, 0.3) is 10.9 Å². The van der Waals surface area contributed by atoms with Crippen molar-refractivity contribution in [1.82, 2.24) is 9.97 Å². The van der Waals surface area contributed by atoms with Crippen LogP contribution in [0.15, 0.2) is 71.3 Å². The lowest BCUT2D eigenvalue weighted by Gasteiger charge is -2.11. The van der Waals surface area contributed by atoms with E-state index in [4.69, 9.17) is 9.52 Å². The van der Waals surface area contributed by atoms with Gasteiger partial charge in [-0.15, -0.1) is 0 Å². The van der Waals surface area contributed by atoms with Crippen LogP contribution in [-0.4, -0.2) is 21.0 Å². The van der Waals surface area contributed by atoms with Crippen molar-refractivity contribution in [1.29, 1.82) is 0 Å². The minimum Gasteiger partial charge on any atom is -0.478 e. The van der Waals surface area contributed by atoms with E-state index in [-0.39, 0.29) is 5.56 Å². The minimum absolute atomic E-state index is 0.223. The molecule has 27 heavy (non-hydrogen) atoms. The number of hydrogen-bond donors (Lipinski definition) is 3. The maximum absolute atomic E-state index is 11.0. The van der Waals surface area contributed by atoms with Crippen molar-refractivity contribution in [2.24, 2.45) is 0 Å². The van der Waals surface area contributed by atoms with Gasteiger partial charge >= 0.3 is 5.97 Å². The minimum atomic E-state index is -0.965. The maximum Gasteiger partial charge on any atom is 0.335 e. The fourth-order valence-electron chi connectivity index (χ4n) is 2.68. The molecule has 2 aromatic carbocycles. The number of nitrogens with zero attached hydrogens (tertiary/aromatic N) is 2. The van der Waals surface area contributed by atoms with Crippen LogP contribution in [0.1, 0.15) is 16.1 Å². The molecule has 0 aliphatic carbocycles. The fraction of sp³-hybridized carbons (Fsp3) is 0.0500. The van der Waals surface area contributed by atoms with Crippen LogP contribution in [0.4, 0.5) is 17.5 Å². The lowest BCUT2D eigenvalue weighted by Crippen LogP contribution is -2.05. The van der Waals surface area contributed by atoms with E-state index in [0.717, 1.165) is 16.7 Å². The summed E-state index contributed by atoms with van der Waals surface area (Å²) in [6.07, 6.45) is 1.63. The Bertz CT molecular complexity index is 1080. The first-order valence-electron chi connectivity index (χ1n) is 8.32. The van der Waals surface area contributed by atoms with Gasteiger partial charge in [0.25, 0.3) is 0 Å². The molecule has 0 spiro atoms. The van der Waals surface area contributed by atoms with Crippen LogP contribution in [0.3, 0.4) is 0 Å². The zero-order valence-corrected chi connectivity index (χ0v) is 14.2. The first-order chi connectivity index (χ1) is 13.2. The molecule has 0 aliphatic rings. The van der Waals surface area contributed by atoms with Crippen molar-refractivity contribution in [3.63, 3.8) is 0 Å². The number of hydrogen-bond acceptors (Lipinski definition) is 6. The van der Waals surface area contributed by atoms with Gasteiger partial charge in [-0.3, -0.25) is 0 Å². The lowest BCUT2D eigenvalue weighted by molar-refractivity contribution is 0.0697. The average Bonchev–Trinajstić information content (AvgIpc) is 3.20. The summed E-state index contributed by atoms with van der Waals surface area (Å²) < 4.78 is 5.35. The Kier molecular flexibility index (Phi) is 4.40. The topological polar surface area (TPSA) is 100 Å². The largest absolute Gasteiger partial charge is 0.478 e. The predicted molar refractivity (Wildman–Crippen MR) is 102 cm³/mol. The number of benzene rings is 2. The van der Waals surface area contributed by atoms with E-state index in [9.17, 15) is 4.79 Å². The van der Waals surface area contributed by atoms with E-state index in [1.165, 1.54) is 12.1 Å². The van der Waals surface area contributed by atoms with Crippen LogP contribution in [0.2, 0.25) is 0 Å². The highest BCUT2D eigenvalue weighted by Crippen LogP contribution is 2.24. The molecule has 0 aliphatic heterocycles. The molecule has 3 N–H and O–H groups in total. The molecule has 0 radical (unpaired) electrons. The Morgan fingerprint density at radius 3 is 2.56 bits per heavy atom. The number of aromatic carboxylic acids is 1. The molecule has 2 aromatic heterocycles. The molecule has 7 nitrogen and oxygen atoms in total. The number of aromatic nitrogens is 2. The number of anilines is 3. The summed E-state index contributed by atoms with van der Waals surface area (Å²) in [5.74, 6) is 0.935. The van der Waals surface area contributed by atoms with E-state index in [1.54, 1.807) is 18.4 Å². The normalized spacial score (nSPS) is 10.7. The van der Waals surface area contributed by atoms with Crippen molar-refractivity contribution in [3.05, 3.63) is 78.3 Å². The Balaban J connectivity index is 1.63. The highest BCUT2D eigenvalue weighted by Gasteiger charge is 2.09. The Morgan fingerprint density at radius 2 is 1.81 bits per heavy atom. The van der Waals surface area contributed by atoms with Gasteiger partial charge in [0, 0.05) is 11.1 Å². The number of para-hydroxylation sites is 1. The van der Waals surface area contributed by atoms with Crippen LogP contribution >= 0.6 is 0 Å². The number of fused-ring (bicyclic) bond motifs is 1. The summed E-state index contributed by atoms with van der Waals surface area (Å²) in [6, 6.07) is 17.8. The van der Waals surface area contributed by atoms with Gasteiger partial charge in [0.1, 0.15) is 11.6 Å². The summed E-state index contributed by atoms with van der Waals surface area (Å²) in [5, 5.41) is 16.3. The zero-order chi connectivity index (χ0) is 18.6. The maximum atomic E-state index is 11.0. The molecule has 0 saturated carbocycles. The van der Waals surface area contributed by atoms with Crippen molar-refractivity contribution >= 4 is 34.3 Å². The van der Waals surface area contributed by atoms with Crippen molar-refractivity contribution in [2.45, 2.75) is 6.54 Å². The van der Waals surface area contributed by atoms with Gasteiger partial charge in [0.15, 0.2) is 0 Å². The van der Waals surface area contributed by atoms with Crippen molar-refractivity contribution in [3.8, 4) is 0 Å². The monoisotopic (exact) mass is 360 g/mol. The Labute approximate surface area is 154 Å². The van der Waals surface area contributed by atoms with E-state index in [2.05, 4.69) is 20.6 Å². The number of nitrogens with one attached hydrogen (secondary N) is 2. The average molecular weight is 360 g/mol. The fourth-order valence-corrected chi connectivity index (χ4v) is 2.68. The van der Waals surface area contributed by atoms with E-state index >= 15 is 0 Å². The predicted octanol–water partition coefficient (Wildman–Crippen LogP) is 4.28. The second kappa shape index (κ2) is 7.17. The molecule has 7 heteroatoms. The number of carbonyl (C=O) groups is 1. The lowest BCUT2D eigenvalue weighted by atomic mass is 10.2. The Morgan fingerprint density at radius 1 is 1.00 bits per heavy atom. The van der Waals surface area contributed by atoms with E-state index < -0.39 is 5.97 Å².